The fourth-order valence-electron chi connectivity index (χ4n) is 3.43. The van der Waals surface area contributed by atoms with Crippen LogP contribution in [0.25, 0.3) is 0 Å². The second kappa shape index (κ2) is 11.5. The van der Waals surface area contributed by atoms with E-state index in [-0.39, 0.29) is 22.2 Å². The normalized spacial score (nSPS) is 11.0. The highest BCUT2D eigenvalue weighted by atomic mass is 35.5. The molecule has 1 amide bonds. The van der Waals surface area contributed by atoms with Crippen molar-refractivity contribution in [1.82, 2.24) is 0 Å². The topological polar surface area (TPSA) is 102 Å². The number of carbonyl (C=O) groups is 2. The van der Waals surface area contributed by atoms with Gasteiger partial charge in [-0.05, 0) is 74.9 Å². The molecule has 0 saturated carbocycles. The standard InChI is InChI=1S/C26H27ClN2O6S/c1-5-35-26(31)19-8-12-23(18(3)14-19)28-25(30)16-29(20-9-13-24(34-4)22(27)15-20)36(32,33)21-10-6-17(2)7-11-21/h6-15H,5,16H2,1-4H3,(H,28,30). The summed E-state index contributed by atoms with van der Waals surface area (Å²) in [6, 6.07) is 15.5. The first kappa shape index (κ1) is 27.0. The molecule has 0 saturated heterocycles. The number of halogens is 1. The number of rotatable bonds is 9. The molecule has 0 aliphatic carbocycles. The van der Waals surface area contributed by atoms with E-state index in [0.717, 1.165) is 9.87 Å². The molecule has 0 bridgehead atoms. The van der Waals surface area contributed by atoms with Gasteiger partial charge in [0.15, 0.2) is 0 Å². The minimum absolute atomic E-state index is 0.0304. The van der Waals surface area contributed by atoms with Crippen LogP contribution >= 0.6 is 11.6 Å². The number of nitrogens with one attached hydrogen (secondary N) is 1. The van der Waals surface area contributed by atoms with Crippen molar-refractivity contribution in [3.63, 3.8) is 0 Å². The number of hydrogen-bond acceptors (Lipinski definition) is 6. The maximum absolute atomic E-state index is 13.6. The molecule has 3 rings (SSSR count). The van der Waals surface area contributed by atoms with Crippen LogP contribution in [0.1, 0.15) is 28.4 Å². The highest BCUT2D eigenvalue weighted by molar-refractivity contribution is 7.92. The van der Waals surface area contributed by atoms with E-state index in [0.29, 0.717) is 22.6 Å². The summed E-state index contributed by atoms with van der Waals surface area (Å²) in [5, 5.41) is 2.92. The van der Waals surface area contributed by atoms with Crippen LogP contribution in [0.2, 0.25) is 5.02 Å². The molecule has 3 aromatic carbocycles. The lowest BCUT2D eigenvalue weighted by Crippen LogP contribution is -2.38. The van der Waals surface area contributed by atoms with E-state index in [4.69, 9.17) is 21.1 Å². The van der Waals surface area contributed by atoms with Crippen LogP contribution in [0.15, 0.2) is 65.6 Å². The van der Waals surface area contributed by atoms with Gasteiger partial charge in [-0.25, -0.2) is 13.2 Å². The summed E-state index contributed by atoms with van der Waals surface area (Å²) < 4.78 is 38.3. The van der Waals surface area contributed by atoms with Crippen LogP contribution in [-0.2, 0) is 19.6 Å². The van der Waals surface area contributed by atoms with Gasteiger partial charge < -0.3 is 14.8 Å². The van der Waals surface area contributed by atoms with Gasteiger partial charge in [-0.2, -0.15) is 0 Å². The molecule has 0 radical (unpaired) electrons. The molecule has 10 heteroatoms. The average molecular weight is 531 g/mol. The van der Waals surface area contributed by atoms with E-state index in [1.807, 2.05) is 6.92 Å². The van der Waals surface area contributed by atoms with Gasteiger partial charge in [0.1, 0.15) is 12.3 Å². The van der Waals surface area contributed by atoms with Gasteiger partial charge in [0.05, 0.1) is 34.9 Å². The van der Waals surface area contributed by atoms with Gasteiger partial charge in [0, 0.05) is 5.69 Å². The number of amides is 1. The summed E-state index contributed by atoms with van der Waals surface area (Å²) in [5.41, 5.74) is 2.50. The molecule has 0 heterocycles. The van der Waals surface area contributed by atoms with E-state index >= 15 is 0 Å². The predicted molar refractivity (Wildman–Crippen MR) is 139 cm³/mol. The van der Waals surface area contributed by atoms with Crippen molar-refractivity contribution in [2.24, 2.45) is 0 Å². The predicted octanol–water partition coefficient (Wildman–Crippen LogP) is 4.98. The highest BCUT2D eigenvalue weighted by Gasteiger charge is 2.28. The molecule has 36 heavy (non-hydrogen) atoms. The zero-order valence-electron chi connectivity index (χ0n) is 20.4. The molecule has 0 aliphatic heterocycles. The summed E-state index contributed by atoms with van der Waals surface area (Å²) in [7, 11) is -2.67. The number of anilines is 2. The summed E-state index contributed by atoms with van der Waals surface area (Å²) in [6.07, 6.45) is 0. The van der Waals surface area contributed by atoms with Crippen molar-refractivity contribution in [3.05, 3.63) is 82.4 Å². The Morgan fingerprint density at radius 1 is 1.00 bits per heavy atom. The molecule has 0 fully saturated rings. The van der Waals surface area contributed by atoms with Gasteiger partial charge in [0.2, 0.25) is 5.91 Å². The molecule has 0 unspecified atom stereocenters. The van der Waals surface area contributed by atoms with Crippen molar-refractivity contribution < 1.29 is 27.5 Å². The Bertz CT molecular complexity index is 1370. The molecule has 0 spiro atoms. The maximum Gasteiger partial charge on any atom is 0.338 e. The molecule has 3 aromatic rings. The number of aryl methyl sites for hydroxylation is 2. The van der Waals surface area contributed by atoms with E-state index < -0.39 is 28.4 Å². The second-order valence-corrected chi connectivity index (χ2v) is 10.2. The van der Waals surface area contributed by atoms with Crippen molar-refractivity contribution >= 4 is 44.9 Å². The lowest BCUT2D eigenvalue weighted by atomic mass is 10.1. The number of carbonyl (C=O) groups excluding carboxylic acids is 2. The SMILES string of the molecule is CCOC(=O)c1ccc(NC(=O)CN(c2ccc(OC)c(Cl)c2)S(=O)(=O)c2ccc(C)cc2)c(C)c1. The maximum atomic E-state index is 13.6. The quantitative estimate of drug-likeness (QED) is 0.392. The third-order valence-electron chi connectivity index (χ3n) is 5.33. The number of nitrogens with zero attached hydrogens (tertiary/aromatic N) is 1. The van der Waals surface area contributed by atoms with Crippen molar-refractivity contribution in [2.75, 3.05) is 29.9 Å². The minimum atomic E-state index is -4.12. The first-order valence-electron chi connectivity index (χ1n) is 11.1. The van der Waals surface area contributed by atoms with Crippen LogP contribution in [0, 0.1) is 13.8 Å². The van der Waals surface area contributed by atoms with Crippen molar-refractivity contribution in [3.8, 4) is 5.75 Å². The monoisotopic (exact) mass is 530 g/mol. The van der Waals surface area contributed by atoms with E-state index in [1.54, 1.807) is 38.1 Å². The molecular weight excluding hydrogens is 504 g/mol. The Balaban J connectivity index is 1.93. The van der Waals surface area contributed by atoms with Crippen molar-refractivity contribution in [2.45, 2.75) is 25.7 Å². The van der Waals surface area contributed by atoms with Crippen LogP contribution in [-0.4, -0.2) is 40.6 Å². The van der Waals surface area contributed by atoms with Crippen molar-refractivity contribution in [1.29, 1.82) is 0 Å². The average Bonchev–Trinajstić information content (AvgIpc) is 2.84. The smallest absolute Gasteiger partial charge is 0.338 e. The van der Waals surface area contributed by atoms with E-state index in [1.165, 1.54) is 43.5 Å². The number of ether oxygens (including phenoxy) is 2. The molecule has 0 aromatic heterocycles. The minimum Gasteiger partial charge on any atom is -0.495 e. The van der Waals surface area contributed by atoms with Crippen LogP contribution < -0.4 is 14.4 Å². The lowest BCUT2D eigenvalue weighted by Gasteiger charge is -2.25. The molecule has 1 N–H and O–H groups in total. The van der Waals surface area contributed by atoms with Gasteiger partial charge in [-0.3, -0.25) is 9.10 Å². The van der Waals surface area contributed by atoms with Gasteiger partial charge in [0.25, 0.3) is 10.0 Å². The molecular formula is C26H27ClN2O6S. The van der Waals surface area contributed by atoms with Gasteiger partial charge in [-0.15, -0.1) is 0 Å². The Labute approximate surface area is 215 Å². The Morgan fingerprint density at radius 3 is 2.28 bits per heavy atom. The fourth-order valence-corrected chi connectivity index (χ4v) is 5.09. The molecule has 190 valence electrons. The van der Waals surface area contributed by atoms with Gasteiger partial charge >= 0.3 is 5.97 Å². The molecule has 8 nitrogen and oxygen atoms in total. The van der Waals surface area contributed by atoms with Gasteiger partial charge in [-0.1, -0.05) is 29.3 Å². The zero-order chi connectivity index (χ0) is 26.5. The summed E-state index contributed by atoms with van der Waals surface area (Å²) in [4.78, 5) is 25.0. The van der Waals surface area contributed by atoms with Crippen LogP contribution in [0.5, 0.6) is 5.75 Å². The Kier molecular flexibility index (Phi) is 8.60. The third kappa shape index (κ3) is 6.16. The summed E-state index contributed by atoms with van der Waals surface area (Å²) in [5.74, 6) is -0.676. The molecule has 0 aliphatic rings. The molecule has 0 atom stereocenters. The number of benzene rings is 3. The Hall–Kier alpha value is -3.56. The summed E-state index contributed by atoms with van der Waals surface area (Å²) >= 11 is 6.26. The van der Waals surface area contributed by atoms with E-state index in [2.05, 4.69) is 5.32 Å². The number of methoxy groups -OCH3 is 1. The Morgan fingerprint density at radius 2 is 1.69 bits per heavy atom. The summed E-state index contributed by atoms with van der Waals surface area (Å²) in [6.45, 7) is 5.02. The third-order valence-corrected chi connectivity index (χ3v) is 7.41. The van der Waals surface area contributed by atoms with E-state index in [9.17, 15) is 18.0 Å². The largest absolute Gasteiger partial charge is 0.495 e. The zero-order valence-corrected chi connectivity index (χ0v) is 21.9. The number of esters is 1. The van der Waals surface area contributed by atoms with Crippen LogP contribution in [0.4, 0.5) is 11.4 Å². The highest BCUT2D eigenvalue weighted by Crippen LogP contribution is 2.32. The first-order valence-corrected chi connectivity index (χ1v) is 12.9. The first-order chi connectivity index (χ1) is 17.1. The number of sulfonamides is 1. The number of hydrogen-bond donors (Lipinski definition) is 1. The fraction of sp³-hybridized carbons (Fsp3) is 0.231. The second-order valence-electron chi connectivity index (χ2n) is 7.94. The lowest BCUT2D eigenvalue weighted by molar-refractivity contribution is -0.114. The van der Waals surface area contributed by atoms with Crippen LogP contribution in [0.3, 0.4) is 0 Å².